The number of methoxy groups -OCH3 is 1. The van der Waals surface area contributed by atoms with Crippen LogP contribution in [-0.4, -0.2) is 27.7 Å². The molecule has 0 saturated heterocycles. The second kappa shape index (κ2) is 7.98. The summed E-state index contributed by atoms with van der Waals surface area (Å²) in [6.45, 7) is 1.84. The van der Waals surface area contributed by atoms with Gasteiger partial charge in [-0.3, -0.25) is 4.79 Å². The lowest BCUT2D eigenvalue weighted by Gasteiger charge is -2.13. The van der Waals surface area contributed by atoms with Gasteiger partial charge in [0.1, 0.15) is 5.75 Å². The smallest absolute Gasteiger partial charge is 0.244 e. The number of amides is 1. The third kappa shape index (κ3) is 5.19. The highest BCUT2D eigenvalue weighted by Crippen LogP contribution is 2.19. The summed E-state index contributed by atoms with van der Waals surface area (Å²) in [5.74, 6) is 0.446. The Kier molecular flexibility index (Phi) is 5.98. The molecule has 0 saturated carbocycles. The molecule has 132 valence electrons. The van der Waals surface area contributed by atoms with Crippen LogP contribution in [0.1, 0.15) is 24.1 Å². The van der Waals surface area contributed by atoms with Gasteiger partial charge in [-0.15, -0.1) is 0 Å². The van der Waals surface area contributed by atoms with Gasteiger partial charge in [-0.1, -0.05) is 30.3 Å². The molecule has 2 aromatic carbocycles. The number of para-hydroxylation sites is 1. The number of hydrogen-bond donors (Lipinski definition) is 1. The van der Waals surface area contributed by atoms with Crippen molar-refractivity contribution in [1.29, 1.82) is 0 Å². The number of sulfone groups is 1. The second-order valence-electron chi connectivity index (χ2n) is 5.65. The average Bonchev–Trinajstić information content (AvgIpc) is 2.59. The van der Waals surface area contributed by atoms with Gasteiger partial charge in [0.15, 0.2) is 9.84 Å². The molecule has 1 N–H and O–H groups in total. The van der Waals surface area contributed by atoms with E-state index in [0.717, 1.165) is 17.4 Å². The van der Waals surface area contributed by atoms with Gasteiger partial charge in [0.05, 0.1) is 18.0 Å². The third-order valence-corrected chi connectivity index (χ3v) is 4.85. The first-order chi connectivity index (χ1) is 11.8. The Hall–Kier alpha value is -2.60. The molecule has 5 nitrogen and oxygen atoms in total. The lowest BCUT2D eigenvalue weighted by atomic mass is 10.1. The Morgan fingerprint density at radius 1 is 1.12 bits per heavy atom. The first kappa shape index (κ1) is 18.7. The van der Waals surface area contributed by atoms with E-state index in [0.29, 0.717) is 5.75 Å². The lowest BCUT2D eigenvalue weighted by Crippen LogP contribution is -2.24. The van der Waals surface area contributed by atoms with E-state index in [9.17, 15) is 13.2 Å². The molecule has 0 aliphatic heterocycles. The maximum atomic E-state index is 12.1. The van der Waals surface area contributed by atoms with Gasteiger partial charge in [-0.05, 0) is 36.8 Å². The minimum absolute atomic E-state index is 0.245. The fraction of sp³-hybridized carbons (Fsp3) is 0.211. The summed E-state index contributed by atoms with van der Waals surface area (Å²) in [4.78, 5) is 12.3. The van der Waals surface area contributed by atoms with E-state index >= 15 is 0 Å². The summed E-state index contributed by atoms with van der Waals surface area (Å²) in [5, 5.41) is 2.85. The minimum atomic E-state index is -3.22. The van der Waals surface area contributed by atoms with Crippen molar-refractivity contribution in [2.24, 2.45) is 0 Å². The molecule has 0 fully saturated rings. The summed E-state index contributed by atoms with van der Waals surface area (Å²) in [7, 11) is -1.65. The van der Waals surface area contributed by atoms with Crippen molar-refractivity contribution >= 4 is 21.8 Å². The highest BCUT2D eigenvalue weighted by Gasteiger charge is 2.11. The second-order valence-corrected chi connectivity index (χ2v) is 7.66. The van der Waals surface area contributed by atoms with Crippen molar-refractivity contribution in [1.82, 2.24) is 5.32 Å². The fourth-order valence-corrected chi connectivity index (χ4v) is 2.95. The Morgan fingerprint density at radius 2 is 1.76 bits per heavy atom. The predicted molar refractivity (Wildman–Crippen MR) is 98.1 cm³/mol. The van der Waals surface area contributed by atoms with Gasteiger partial charge in [0, 0.05) is 17.9 Å². The Labute approximate surface area is 148 Å². The summed E-state index contributed by atoms with van der Waals surface area (Å²) in [5.41, 5.74) is 1.64. The first-order valence-corrected chi connectivity index (χ1v) is 9.62. The van der Waals surface area contributed by atoms with Crippen LogP contribution in [0.4, 0.5) is 0 Å². The molecular weight excluding hydrogens is 338 g/mol. The maximum Gasteiger partial charge on any atom is 0.244 e. The van der Waals surface area contributed by atoms with E-state index in [1.165, 1.54) is 18.2 Å². The molecule has 0 bridgehead atoms. The van der Waals surface area contributed by atoms with E-state index in [-0.39, 0.29) is 16.8 Å². The standard InChI is InChI=1S/C19H21NO4S/c1-14(15-8-11-17(12-9-15)25(3,22)23)20-19(21)13-10-16-6-4-5-7-18(16)24-2/h4-14H,1-3H3,(H,20,21)/b13-10+/t14-/m0/s1. The van der Waals surface area contributed by atoms with E-state index in [1.807, 2.05) is 31.2 Å². The molecule has 0 radical (unpaired) electrons. The normalized spacial score (nSPS) is 12.8. The van der Waals surface area contributed by atoms with Crippen LogP contribution in [0.15, 0.2) is 59.5 Å². The zero-order chi connectivity index (χ0) is 18.4. The largest absolute Gasteiger partial charge is 0.496 e. The summed E-state index contributed by atoms with van der Waals surface area (Å²) >= 11 is 0. The van der Waals surface area contributed by atoms with Crippen LogP contribution in [0, 0.1) is 0 Å². The maximum absolute atomic E-state index is 12.1. The molecule has 0 aliphatic rings. The average molecular weight is 359 g/mol. The Balaban J connectivity index is 2.03. The Bertz CT molecular complexity index is 871. The zero-order valence-electron chi connectivity index (χ0n) is 14.4. The summed E-state index contributed by atoms with van der Waals surface area (Å²) < 4.78 is 28.2. The highest BCUT2D eigenvalue weighted by molar-refractivity contribution is 7.90. The van der Waals surface area contributed by atoms with E-state index in [1.54, 1.807) is 25.3 Å². The molecule has 1 atom stereocenters. The molecule has 0 aromatic heterocycles. The molecule has 2 aromatic rings. The number of benzene rings is 2. The van der Waals surface area contributed by atoms with Gasteiger partial charge >= 0.3 is 0 Å². The zero-order valence-corrected chi connectivity index (χ0v) is 15.2. The SMILES string of the molecule is COc1ccccc1/C=C/C(=O)N[C@@H](C)c1ccc(S(C)(=O)=O)cc1. The quantitative estimate of drug-likeness (QED) is 0.805. The number of carbonyl (C=O) groups is 1. The van der Waals surface area contributed by atoms with Crippen molar-refractivity contribution in [3.05, 3.63) is 65.7 Å². The van der Waals surface area contributed by atoms with E-state index in [4.69, 9.17) is 4.74 Å². The third-order valence-electron chi connectivity index (χ3n) is 3.72. The highest BCUT2D eigenvalue weighted by atomic mass is 32.2. The molecule has 6 heteroatoms. The van der Waals surface area contributed by atoms with Gasteiger partial charge < -0.3 is 10.1 Å². The fourth-order valence-electron chi connectivity index (χ4n) is 2.32. The van der Waals surface area contributed by atoms with Crippen LogP contribution in [-0.2, 0) is 14.6 Å². The first-order valence-electron chi connectivity index (χ1n) is 7.73. The van der Waals surface area contributed by atoms with Gasteiger partial charge in [-0.25, -0.2) is 8.42 Å². The van der Waals surface area contributed by atoms with Gasteiger partial charge in [0.25, 0.3) is 0 Å². The molecule has 1 amide bonds. The number of rotatable bonds is 6. The van der Waals surface area contributed by atoms with Gasteiger partial charge in [-0.2, -0.15) is 0 Å². The van der Waals surface area contributed by atoms with Crippen LogP contribution in [0.25, 0.3) is 6.08 Å². The van der Waals surface area contributed by atoms with Gasteiger partial charge in [0.2, 0.25) is 5.91 Å². The molecule has 0 unspecified atom stereocenters. The number of hydrogen-bond acceptors (Lipinski definition) is 4. The minimum Gasteiger partial charge on any atom is -0.496 e. The van der Waals surface area contributed by atoms with Crippen molar-refractivity contribution in [3.8, 4) is 5.75 Å². The molecule has 0 heterocycles. The van der Waals surface area contributed by atoms with Crippen LogP contribution in [0.2, 0.25) is 0 Å². The van der Waals surface area contributed by atoms with E-state index < -0.39 is 9.84 Å². The molecule has 0 aliphatic carbocycles. The monoisotopic (exact) mass is 359 g/mol. The van der Waals surface area contributed by atoms with Crippen LogP contribution >= 0.6 is 0 Å². The van der Waals surface area contributed by atoms with Crippen molar-refractivity contribution < 1.29 is 17.9 Å². The predicted octanol–water partition coefficient (Wildman–Crippen LogP) is 2.99. The Morgan fingerprint density at radius 3 is 2.36 bits per heavy atom. The van der Waals surface area contributed by atoms with Crippen LogP contribution in [0.5, 0.6) is 5.75 Å². The summed E-state index contributed by atoms with van der Waals surface area (Å²) in [6.07, 6.45) is 4.29. The number of nitrogens with one attached hydrogen (secondary N) is 1. The van der Waals surface area contributed by atoms with Crippen molar-refractivity contribution in [2.75, 3.05) is 13.4 Å². The number of carbonyl (C=O) groups excluding carboxylic acids is 1. The van der Waals surface area contributed by atoms with E-state index in [2.05, 4.69) is 5.32 Å². The van der Waals surface area contributed by atoms with Crippen molar-refractivity contribution in [3.63, 3.8) is 0 Å². The molecular formula is C19H21NO4S. The topological polar surface area (TPSA) is 72.5 Å². The molecule has 0 spiro atoms. The van der Waals surface area contributed by atoms with Crippen molar-refractivity contribution in [2.45, 2.75) is 17.9 Å². The molecule has 25 heavy (non-hydrogen) atoms. The van der Waals surface area contributed by atoms with Crippen LogP contribution < -0.4 is 10.1 Å². The summed E-state index contributed by atoms with van der Waals surface area (Å²) in [6, 6.07) is 13.6. The molecule has 2 rings (SSSR count). The lowest BCUT2D eigenvalue weighted by molar-refractivity contribution is -0.117. The van der Waals surface area contributed by atoms with Crippen LogP contribution in [0.3, 0.4) is 0 Å². The number of ether oxygens (including phenoxy) is 1.